The molecule has 0 aromatic heterocycles. The first-order valence-corrected chi connectivity index (χ1v) is 4.48. The van der Waals surface area contributed by atoms with Gasteiger partial charge in [-0.15, -0.1) is 0 Å². The van der Waals surface area contributed by atoms with E-state index in [2.05, 4.69) is 6.92 Å². The number of hydrogen-bond acceptors (Lipinski definition) is 2. The van der Waals surface area contributed by atoms with E-state index in [0.29, 0.717) is 12.8 Å². The summed E-state index contributed by atoms with van der Waals surface area (Å²) in [4.78, 5) is 0. The molecule has 0 amide bonds. The zero-order chi connectivity index (χ0) is 9.61. The molecule has 71 valence electrons. The molecule has 2 unspecified atom stereocenters. The van der Waals surface area contributed by atoms with Crippen LogP contribution in [0.2, 0.25) is 0 Å². The Morgan fingerprint density at radius 1 is 1.50 bits per heavy atom. The van der Waals surface area contributed by atoms with Crippen molar-refractivity contribution in [2.24, 2.45) is 0 Å². The van der Waals surface area contributed by atoms with Crippen molar-refractivity contribution in [2.75, 3.05) is 0 Å². The fraction of sp³-hybridized carbons (Fsp3) is 0.700. The average molecular weight is 171 g/mol. The Labute approximate surface area is 74.9 Å². The highest BCUT2D eigenvalue weighted by molar-refractivity contribution is 5.05. The quantitative estimate of drug-likeness (QED) is 0.660. The van der Waals surface area contributed by atoms with Crippen LogP contribution in [0.15, 0.2) is 12.2 Å². The van der Waals surface area contributed by atoms with Crippen LogP contribution in [0, 0.1) is 6.92 Å². The third-order valence-electron chi connectivity index (χ3n) is 2.02. The molecule has 0 rings (SSSR count). The Balaban J connectivity index is 4.36. The van der Waals surface area contributed by atoms with Crippen molar-refractivity contribution < 1.29 is 10.2 Å². The van der Waals surface area contributed by atoms with Gasteiger partial charge in [-0.1, -0.05) is 32.4 Å². The van der Waals surface area contributed by atoms with Crippen molar-refractivity contribution in [3.8, 4) is 0 Å². The summed E-state index contributed by atoms with van der Waals surface area (Å²) in [6, 6.07) is 0. The monoisotopic (exact) mass is 171 g/mol. The van der Waals surface area contributed by atoms with E-state index in [-0.39, 0.29) is 0 Å². The molecular weight excluding hydrogens is 152 g/mol. The van der Waals surface area contributed by atoms with Crippen molar-refractivity contribution in [2.45, 2.75) is 44.8 Å². The Bertz CT molecular complexity index is 143. The lowest BCUT2D eigenvalue weighted by Crippen LogP contribution is -2.39. The number of aliphatic hydroxyl groups is 2. The predicted molar refractivity (Wildman–Crippen MR) is 50.7 cm³/mol. The SMILES string of the molecule is [CH2]C=CC(O)(CCC)C(O)CC. The third-order valence-corrected chi connectivity index (χ3v) is 2.02. The van der Waals surface area contributed by atoms with Gasteiger partial charge in [0, 0.05) is 0 Å². The minimum atomic E-state index is -1.08. The Hall–Kier alpha value is -0.340. The standard InChI is InChI=1S/C10H19O2/c1-4-7-10(12,8-5-2)9(11)6-3/h4,7,9,11-12H,1,5-6,8H2,2-3H3. The van der Waals surface area contributed by atoms with Gasteiger partial charge >= 0.3 is 0 Å². The summed E-state index contributed by atoms with van der Waals surface area (Å²) in [5, 5.41) is 19.4. The summed E-state index contributed by atoms with van der Waals surface area (Å²) in [6.07, 6.45) is 4.40. The van der Waals surface area contributed by atoms with E-state index in [1.165, 1.54) is 6.08 Å². The Morgan fingerprint density at radius 2 is 2.08 bits per heavy atom. The molecule has 12 heavy (non-hydrogen) atoms. The van der Waals surface area contributed by atoms with Crippen LogP contribution in [0.1, 0.15) is 33.1 Å². The van der Waals surface area contributed by atoms with Crippen molar-refractivity contribution in [3.05, 3.63) is 19.1 Å². The first-order chi connectivity index (χ1) is 5.60. The van der Waals surface area contributed by atoms with Crippen molar-refractivity contribution in [3.63, 3.8) is 0 Å². The van der Waals surface area contributed by atoms with E-state index < -0.39 is 11.7 Å². The minimum absolute atomic E-state index is 0.556. The maximum Gasteiger partial charge on any atom is 0.108 e. The van der Waals surface area contributed by atoms with Crippen LogP contribution in [0.3, 0.4) is 0 Å². The highest BCUT2D eigenvalue weighted by Gasteiger charge is 2.29. The molecule has 0 aliphatic carbocycles. The number of aliphatic hydroxyl groups excluding tert-OH is 1. The molecule has 0 fully saturated rings. The van der Waals surface area contributed by atoms with Crippen LogP contribution in [0.25, 0.3) is 0 Å². The fourth-order valence-electron chi connectivity index (χ4n) is 1.32. The summed E-state index contributed by atoms with van der Waals surface area (Å²) in [6.45, 7) is 7.34. The zero-order valence-corrected chi connectivity index (χ0v) is 7.95. The van der Waals surface area contributed by atoms with E-state index in [0.717, 1.165) is 6.42 Å². The third kappa shape index (κ3) is 2.95. The molecule has 0 aromatic rings. The normalized spacial score (nSPS) is 19.4. The second-order valence-corrected chi connectivity index (χ2v) is 3.07. The van der Waals surface area contributed by atoms with Crippen LogP contribution in [-0.2, 0) is 0 Å². The lowest BCUT2D eigenvalue weighted by molar-refractivity contribution is -0.0463. The molecule has 2 nitrogen and oxygen atoms in total. The first kappa shape index (κ1) is 11.7. The van der Waals surface area contributed by atoms with Crippen molar-refractivity contribution in [1.82, 2.24) is 0 Å². The summed E-state index contributed by atoms with van der Waals surface area (Å²) < 4.78 is 0. The first-order valence-electron chi connectivity index (χ1n) is 4.48. The largest absolute Gasteiger partial charge is 0.390 e. The van der Waals surface area contributed by atoms with Gasteiger partial charge in [0.05, 0.1) is 6.10 Å². The maximum atomic E-state index is 9.90. The molecule has 0 aliphatic heterocycles. The second-order valence-electron chi connectivity index (χ2n) is 3.07. The highest BCUT2D eigenvalue weighted by atomic mass is 16.3. The molecule has 0 aromatic carbocycles. The van der Waals surface area contributed by atoms with E-state index >= 15 is 0 Å². The van der Waals surface area contributed by atoms with Crippen LogP contribution in [-0.4, -0.2) is 21.9 Å². The lowest BCUT2D eigenvalue weighted by Gasteiger charge is -2.29. The molecular formula is C10H19O2. The van der Waals surface area contributed by atoms with E-state index in [9.17, 15) is 10.2 Å². The molecule has 0 saturated carbocycles. The number of hydrogen-bond donors (Lipinski definition) is 2. The molecule has 2 atom stereocenters. The van der Waals surface area contributed by atoms with Gasteiger partial charge in [-0.25, -0.2) is 0 Å². The van der Waals surface area contributed by atoms with Gasteiger partial charge in [-0.3, -0.25) is 0 Å². The van der Waals surface area contributed by atoms with Crippen LogP contribution in [0.5, 0.6) is 0 Å². The number of allylic oxidation sites excluding steroid dienone is 1. The van der Waals surface area contributed by atoms with E-state index in [4.69, 9.17) is 0 Å². The average Bonchev–Trinajstić information content (AvgIpc) is 2.04. The molecule has 0 saturated heterocycles. The molecule has 0 heterocycles. The van der Waals surface area contributed by atoms with Gasteiger partial charge in [0.1, 0.15) is 5.60 Å². The van der Waals surface area contributed by atoms with Gasteiger partial charge in [0.15, 0.2) is 0 Å². The van der Waals surface area contributed by atoms with Crippen LogP contribution in [0.4, 0.5) is 0 Å². The summed E-state index contributed by atoms with van der Waals surface area (Å²) in [7, 11) is 0. The van der Waals surface area contributed by atoms with Gasteiger partial charge in [-0.2, -0.15) is 0 Å². The zero-order valence-electron chi connectivity index (χ0n) is 7.95. The van der Waals surface area contributed by atoms with E-state index in [1.807, 2.05) is 13.8 Å². The second kappa shape index (κ2) is 5.33. The highest BCUT2D eigenvalue weighted by Crippen LogP contribution is 2.21. The molecule has 0 bridgehead atoms. The van der Waals surface area contributed by atoms with Crippen molar-refractivity contribution >= 4 is 0 Å². The smallest absolute Gasteiger partial charge is 0.108 e. The molecule has 0 spiro atoms. The predicted octanol–water partition coefficient (Wildman–Crippen LogP) is 1.68. The Kier molecular flexibility index (Phi) is 5.18. The van der Waals surface area contributed by atoms with Crippen molar-refractivity contribution in [1.29, 1.82) is 0 Å². The lowest BCUT2D eigenvalue weighted by atomic mass is 9.89. The van der Waals surface area contributed by atoms with Gasteiger partial charge in [0.25, 0.3) is 0 Å². The molecule has 0 aliphatic rings. The number of rotatable bonds is 5. The topological polar surface area (TPSA) is 40.5 Å². The summed E-state index contributed by atoms with van der Waals surface area (Å²) in [5.41, 5.74) is -1.08. The molecule has 2 heteroatoms. The van der Waals surface area contributed by atoms with Crippen LogP contribution >= 0.6 is 0 Å². The van der Waals surface area contributed by atoms with E-state index in [1.54, 1.807) is 6.08 Å². The van der Waals surface area contributed by atoms with Gasteiger partial charge < -0.3 is 10.2 Å². The molecule has 2 N–H and O–H groups in total. The van der Waals surface area contributed by atoms with Gasteiger partial charge in [-0.05, 0) is 19.8 Å². The summed E-state index contributed by atoms with van der Waals surface area (Å²) >= 11 is 0. The fourth-order valence-corrected chi connectivity index (χ4v) is 1.32. The van der Waals surface area contributed by atoms with Crippen LogP contribution < -0.4 is 0 Å². The molecule has 1 radical (unpaired) electrons. The minimum Gasteiger partial charge on any atom is -0.390 e. The summed E-state index contributed by atoms with van der Waals surface area (Å²) in [5.74, 6) is 0. The maximum absolute atomic E-state index is 9.90. The Morgan fingerprint density at radius 3 is 2.42 bits per heavy atom. The van der Waals surface area contributed by atoms with Gasteiger partial charge in [0.2, 0.25) is 0 Å².